The van der Waals surface area contributed by atoms with Crippen LogP contribution in [0.3, 0.4) is 0 Å². The Hall–Kier alpha value is -4.16. The van der Waals surface area contributed by atoms with E-state index in [0.29, 0.717) is 35.1 Å². The predicted octanol–water partition coefficient (Wildman–Crippen LogP) is 6.87. The van der Waals surface area contributed by atoms with Crippen LogP contribution in [0.4, 0.5) is 5.69 Å². The van der Waals surface area contributed by atoms with Crippen LogP contribution in [0.5, 0.6) is 11.5 Å². The molecule has 0 aliphatic carbocycles. The number of hydrogen-bond donors (Lipinski definition) is 0. The van der Waals surface area contributed by atoms with Crippen molar-refractivity contribution in [1.29, 1.82) is 0 Å². The lowest BCUT2D eigenvalue weighted by Crippen LogP contribution is -2.21. The molecule has 4 aromatic carbocycles. The summed E-state index contributed by atoms with van der Waals surface area (Å²) >= 11 is 3.63. The summed E-state index contributed by atoms with van der Waals surface area (Å²) < 4.78 is 12.4. The van der Waals surface area contributed by atoms with E-state index in [1.165, 1.54) is 5.01 Å². The van der Waals surface area contributed by atoms with Crippen molar-refractivity contribution in [2.75, 3.05) is 12.1 Å². The number of halogens is 1. The Labute approximate surface area is 218 Å². The van der Waals surface area contributed by atoms with E-state index >= 15 is 0 Å². The third-order valence-corrected chi connectivity index (χ3v) is 6.30. The van der Waals surface area contributed by atoms with Gasteiger partial charge in [0.1, 0.15) is 12.3 Å². The first-order valence-corrected chi connectivity index (χ1v) is 12.2. The maximum atomic E-state index is 13.5. The van der Waals surface area contributed by atoms with Gasteiger partial charge in [-0.1, -0.05) is 78.9 Å². The molecule has 1 heterocycles. The number of carbonyl (C=O) groups excluding carboxylic acids is 1. The van der Waals surface area contributed by atoms with Gasteiger partial charge in [-0.3, -0.25) is 4.79 Å². The van der Waals surface area contributed by atoms with Crippen LogP contribution >= 0.6 is 15.9 Å². The van der Waals surface area contributed by atoms with E-state index < -0.39 is 0 Å². The van der Waals surface area contributed by atoms with E-state index in [1.807, 2.05) is 109 Å². The second-order valence-corrected chi connectivity index (χ2v) is 8.99. The Kier molecular flexibility index (Phi) is 6.96. The van der Waals surface area contributed by atoms with Crippen LogP contribution in [-0.2, 0) is 11.4 Å². The van der Waals surface area contributed by atoms with Gasteiger partial charge in [0.2, 0.25) is 0 Å². The molecule has 0 spiro atoms. The lowest BCUT2D eigenvalue weighted by Gasteiger charge is -2.14. The lowest BCUT2D eigenvalue weighted by atomic mass is 10.00. The van der Waals surface area contributed by atoms with Gasteiger partial charge < -0.3 is 9.47 Å². The van der Waals surface area contributed by atoms with Gasteiger partial charge in [0, 0.05) is 5.56 Å². The van der Waals surface area contributed by atoms with Gasteiger partial charge in [-0.05, 0) is 57.4 Å². The highest BCUT2D eigenvalue weighted by atomic mass is 79.9. The number of carbonyl (C=O) groups is 1. The Bertz CT molecular complexity index is 1440. The minimum atomic E-state index is -0.195. The van der Waals surface area contributed by atoms with Crippen molar-refractivity contribution >= 4 is 39.3 Å². The van der Waals surface area contributed by atoms with Crippen LogP contribution in [-0.4, -0.2) is 18.7 Å². The molecule has 0 radical (unpaired) electrons. The summed E-state index contributed by atoms with van der Waals surface area (Å²) in [4.78, 5) is 13.5. The molecule has 0 fully saturated rings. The monoisotopic (exact) mass is 538 g/mol. The molecule has 0 N–H and O–H groups in total. The number of rotatable bonds is 7. The maximum absolute atomic E-state index is 13.5. The predicted molar refractivity (Wildman–Crippen MR) is 146 cm³/mol. The SMILES string of the molecule is COc1cc(/C=C2\C(=O)N(c3ccccc3)N=C2c2ccccc2)cc(Br)c1OCc1ccccc1. The van der Waals surface area contributed by atoms with E-state index in [2.05, 4.69) is 15.9 Å². The summed E-state index contributed by atoms with van der Waals surface area (Å²) in [6.07, 6.45) is 1.84. The van der Waals surface area contributed by atoms with Gasteiger partial charge >= 0.3 is 0 Å². The van der Waals surface area contributed by atoms with E-state index in [9.17, 15) is 4.79 Å². The first kappa shape index (κ1) is 23.6. The molecule has 0 atom stereocenters. The number of benzene rings is 4. The topological polar surface area (TPSA) is 51.1 Å². The molecule has 36 heavy (non-hydrogen) atoms. The van der Waals surface area contributed by atoms with Crippen LogP contribution in [0.1, 0.15) is 16.7 Å². The maximum Gasteiger partial charge on any atom is 0.281 e. The van der Waals surface area contributed by atoms with Crippen molar-refractivity contribution in [3.05, 3.63) is 130 Å². The van der Waals surface area contributed by atoms with E-state index in [0.717, 1.165) is 21.2 Å². The first-order chi connectivity index (χ1) is 17.6. The summed E-state index contributed by atoms with van der Waals surface area (Å²) in [5.41, 5.74) is 4.53. The molecule has 5 nitrogen and oxygen atoms in total. The van der Waals surface area contributed by atoms with E-state index in [4.69, 9.17) is 14.6 Å². The van der Waals surface area contributed by atoms with Crippen LogP contribution in [0.25, 0.3) is 6.08 Å². The van der Waals surface area contributed by atoms with Gasteiger partial charge in [-0.15, -0.1) is 0 Å². The first-order valence-electron chi connectivity index (χ1n) is 11.4. The summed E-state index contributed by atoms with van der Waals surface area (Å²) in [7, 11) is 1.60. The summed E-state index contributed by atoms with van der Waals surface area (Å²) in [5.74, 6) is 0.972. The number of para-hydroxylation sites is 1. The normalized spacial score (nSPS) is 14.2. The molecular weight excluding hydrogens is 516 g/mol. The largest absolute Gasteiger partial charge is 0.493 e. The molecule has 1 aliphatic rings. The molecule has 0 aromatic heterocycles. The number of ether oxygens (including phenoxy) is 2. The van der Waals surface area contributed by atoms with Crippen LogP contribution < -0.4 is 14.5 Å². The fourth-order valence-corrected chi connectivity index (χ4v) is 4.53. The third-order valence-electron chi connectivity index (χ3n) is 5.71. The molecule has 0 bridgehead atoms. The Morgan fingerprint density at radius 1 is 0.889 bits per heavy atom. The average Bonchev–Trinajstić information content (AvgIpc) is 3.25. The molecule has 0 unspecified atom stereocenters. The molecule has 5 rings (SSSR count). The molecular formula is C30H23BrN2O3. The number of methoxy groups -OCH3 is 1. The quantitative estimate of drug-likeness (QED) is 0.241. The Morgan fingerprint density at radius 3 is 2.19 bits per heavy atom. The standard InChI is InChI=1S/C30H23BrN2O3/c1-35-27-19-22(18-26(31)29(27)36-20-21-11-5-2-6-12-21)17-25-28(23-13-7-3-8-14-23)32-33(30(25)34)24-15-9-4-10-16-24/h2-19H,20H2,1H3/b25-17-. The Morgan fingerprint density at radius 2 is 1.53 bits per heavy atom. The van der Waals surface area contributed by atoms with Gasteiger partial charge in [-0.25, -0.2) is 0 Å². The number of hydrogen-bond acceptors (Lipinski definition) is 4. The highest BCUT2D eigenvalue weighted by molar-refractivity contribution is 9.10. The highest BCUT2D eigenvalue weighted by Gasteiger charge is 2.32. The zero-order valence-corrected chi connectivity index (χ0v) is 21.2. The van der Waals surface area contributed by atoms with Crippen molar-refractivity contribution < 1.29 is 14.3 Å². The van der Waals surface area contributed by atoms with E-state index in [1.54, 1.807) is 7.11 Å². The molecule has 1 aliphatic heterocycles. The molecule has 1 amide bonds. The van der Waals surface area contributed by atoms with Crippen LogP contribution in [0.15, 0.2) is 118 Å². The molecule has 0 saturated carbocycles. The van der Waals surface area contributed by atoms with Crippen molar-refractivity contribution in [3.63, 3.8) is 0 Å². The molecule has 178 valence electrons. The molecule has 0 saturated heterocycles. The zero-order valence-electron chi connectivity index (χ0n) is 19.6. The third kappa shape index (κ3) is 4.95. The average molecular weight is 539 g/mol. The Balaban J connectivity index is 1.51. The number of nitrogens with zero attached hydrogens (tertiary/aromatic N) is 2. The van der Waals surface area contributed by atoms with E-state index in [-0.39, 0.29) is 5.91 Å². The minimum absolute atomic E-state index is 0.195. The lowest BCUT2D eigenvalue weighted by molar-refractivity contribution is -0.114. The summed E-state index contributed by atoms with van der Waals surface area (Å²) in [6, 6.07) is 32.8. The van der Waals surface area contributed by atoms with Crippen molar-refractivity contribution in [3.8, 4) is 11.5 Å². The zero-order chi connectivity index (χ0) is 24.9. The van der Waals surface area contributed by atoms with Crippen molar-refractivity contribution in [2.24, 2.45) is 5.10 Å². The molecule has 4 aromatic rings. The number of amides is 1. The van der Waals surface area contributed by atoms with Crippen LogP contribution in [0, 0.1) is 0 Å². The smallest absolute Gasteiger partial charge is 0.281 e. The highest BCUT2D eigenvalue weighted by Crippen LogP contribution is 2.38. The van der Waals surface area contributed by atoms with Gasteiger partial charge in [0.25, 0.3) is 5.91 Å². The number of hydrazone groups is 1. The van der Waals surface area contributed by atoms with Gasteiger partial charge in [0.15, 0.2) is 11.5 Å². The number of anilines is 1. The fraction of sp³-hybridized carbons (Fsp3) is 0.0667. The van der Waals surface area contributed by atoms with Gasteiger partial charge in [-0.2, -0.15) is 10.1 Å². The van der Waals surface area contributed by atoms with Gasteiger partial charge in [0.05, 0.1) is 22.8 Å². The van der Waals surface area contributed by atoms with Crippen molar-refractivity contribution in [2.45, 2.75) is 6.61 Å². The molecule has 6 heteroatoms. The minimum Gasteiger partial charge on any atom is -0.493 e. The summed E-state index contributed by atoms with van der Waals surface area (Å²) in [5, 5.41) is 6.14. The van der Waals surface area contributed by atoms with Crippen molar-refractivity contribution in [1.82, 2.24) is 0 Å². The second-order valence-electron chi connectivity index (χ2n) is 8.13. The summed E-state index contributed by atoms with van der Waals surface area (Å²) in [6.45, 7) is 0.408. The second kappa shape index (κ2) is 10.6. The fourth-order valence-electron chi connectivity index (χ4n) is 3.96. The van der Waals surface area contributed by atoms with Crippen LogP contribution in [0.2, 0.25) is 0 Å².